The van der Waals surface area contributed by atoms with E-state index in [1.807, 2.05) is 0 Å². The maximum atomic E-state index is 5.66. The third-order valence-corrected chi connectivity index (χ3v) is 12.1. The Hall–Kier alpha value is 0.460. The number of thioether (sulfide) groups is 2. The lowest BCUT2D eigenvalue weighted by Gasteiger charge is -2.23. The van der Waals surface area contributed by atoms with E-state index in [2.05, 4.69) is 211 Å². The minimum absolute atomic E-state index is 0. The van der Waals surface area contributed by atoms with E-state index < -0.39 is 0 Å². The molecule has 0 aliphatic carbocycles. The second-order valence-electron chi connectivity index (χ2n) is 19.8. The topological polar surface area (TPSA) is 66.6 Å². The first-order valence-electron chi connectivity index (χ1n) is 23.1. The zero-order valence-corrected chi connectivity index (χ0v) is 44.2. The number of ether oxygens (including phenoxy) is 2. The van der Waals surface area contributed by atoms with Crippen LogP contribution in [0.25, 0.3) is 0 Å². The van der Waals surface area contributed by atoms with Crippen molar-refractivity contribution in [2.24, 2.45) is 47.3 Å². The Morgan fingerprint density at radius 3 is 0.667 bits per heavy atom. The van der Waals surface area contributed by atoms with E-state index in [0.717, 1.165) is 73.6 Å². The molecule has 0 aliphatic heterocycles. The fourth-order valence-corrected chi connectivity index (χ4v) is 7.03. The summed E-state index contributed by atoms with van der Waals surface area (Å²) in [7, 11) is 0. The van der Waals surface area contributed by atoms with Crippen LogP contribution < -0.4 is 21.3 Å². The minimum Gasteiger partial charge on any atom is -0.378 e. The predicted molar refractivity (Wildman–Crippen MR) is 290 cm³/mol. The smallest absolute Gasteiger partial charge is 0.0519 e. The van der Waals surface area contributed by atoms with E-state index in [9.17, 15) is 0 Å². The monoisotopic (exact) mass is 901 g/mol. The van der Waals surface area contributed by atoms with Gasteiger partial charge in [-0.2, -0.15) is 23.5 Å². The van der Waals surface area contributed by atoms with Gasteiger partial charge in [0, 0.05) is 37.3 Å². The van der Waals surface area contributed by atoms with Crippen LogP contribution >= 0.6 is 23.5 Å². The second kappa shape index (κ2) is 48.9. The Morgan fingerprint density at radius 2 is 0.517 bits per heavy atom. The van der Waals surface area contributed by atoms with E-state index in [4.69, 9.17) is 9.47 Å². The van der Waals surface area contributed by atoms with Gasteiger partial charge in [-0.15, -0.1) is 0 Å². The molecule has 0 saturated heterocycles. The van der Waals surface area contributed by atoms with Gasteiger partial charge in [0.05, 0.1) is 25.4 Å². The lowest BCUT2D eigenvalue weighted by atomic mass is 9.96. The minimum atomic E-state index is 0. The van der Waals surface area contributed by atoms with Gasteiger partial charge in [-0.3, -0.25) is 0 Å². The van der Waals surface area contributed by atoms with Crippen LogP contribution in [0.4, 0.5) is 0 Å². The summed E-state index contributed by atoms with van der Waals surface area (Å²) in [4.78, 5) is 0. The van der Waals surface area contributed by atoms with Gasteiger partial charge >= 0.3 is 0 Å². The highest BCUT2D eigenvalue weighted by molar-refractivity contribution is 8.00. The van der Waals surface area contributed by atoms with Gasteiger partial charge in [-0.25, -0.2) is 0 Å². The Morgan fingerprint density at radius 1 is 0.317 bits per heavy atom. The van der Waals surface area contributed by atoms with E-state index in [0.29, 0.717) is 60.0 Å². The summed E-state index contributed by atoms with van der Waals surface area (Å²) >= 11 is 4.16. The Bertz CT molecular complexity index is 614. The molecule has 4 N–H and O–H groups in total. The highest BCUT2D eigenvalue weighted by Gasteiger charge is 2.17. The van der Waals surface area contributed by atoms with E-state index in [1.54, 1.807) is 0 Å². The maximum Gasteiger partial charge on any atom is 0.0519 e. The van der Waals surface area contributed by atoms with Crippen molar-refractivity contribution in [3.05, 3.63) is 0 Å². The van der Waals surface area contributed by atoms with Gasteiger partial charge < -0.3 is 30.7 Å². The average molecular weight is 902 g/mol. The number of hydrogen-bond acceptors (Lipinski definition) is 8. The van der Waals surface area contributed by atoms with Crippen molar-refractivity contribution in [3.8, 4) is 0 Å². The molecule has 0 aromatic rings. The van der Waals surface area contributed by atoms with E-state index >= 15 is 0 Å². The van der Waals surface area contributed by atoms with Crippen LogP contribution in [0.5, 0.6) is 0 Å². The Balaban J connectivity index is -0.0000000980. The standard InChI is InChI=1S/2C12H27NO.2C12H27NS.4CH4/c4*1-9(2)12(7-13-10(3)4)8-14-11(5)6;;;;/h4*9-13H,7-8H2,1-6H3;4*1H4. The zero-order chi connectivity index (χ0) is 44.6. The molecular formula is C52H124N4O2S2. The molecule has 4 atom stereocenters. The molecule has 6 nitrogen and oxygen atoms in total. The number of rotatable bonds is 28. The zero-order valence-electron chi connectivity index (χ0n) is 42.5. The van der Waals surface area contributed by atoms with Crippen LogP contribution in [-0.4, -0.2) is 97.8 Å². The van der Waals surface area contributed by atoms with Crippen LogP contribution in [0.3, 0.4) is 0 Å². The molecule has 0 fully saturated rings. The fourth-order valence-electron chi connectivity index (χ4n) is 4.76. The molecule has 0 radical (unpaired) electrons. The SMILES string of the molecule is C.C.C.C.CC(C)NCC(COC(C)C)C(C)C.CC(C)NCC(COC(C)C)C(C)C.CC(C)NCC(CSC(C)C)C(C)C.CC(C)NCC(CSC(C)C)C(C)C. The van der Waals surface area contributed by atoms with Crippen LogP contribution in [0.2, 0.25) is 0 Å². The molecular weight excluding hydrogens is 777 g/mol. The van der Waals surface area contributed by atoms with Crippen molar-refractivity contribution in [3.63, 3.8) is 0 Å². The first kappa shape index (κ1) is 77.7. The third kappa shape index (κ3) is 60.5. The average Bonchev–Trinajstić information content (AvgIpc) is 3.03. The summed E-state index contributed by atoms with van der Waals surface area (Å²) in [5.41, 5.74) is 0. The van der Waals surface area contributed by atoms with Crippen LogP contribution in [-0.2, 0) is 9.47 Å². The summed E-state index contributed by atoms with van der Waals surface area (Å²) in [6.07, 6.45) is 0.686. The molecule has 60 heavy (non-hydrogen) atoms. The maximum absolute atomic E-state index is 5.66. The third-order valence-electron chi connectivity index (χ3n) is 9.50. The van der Waals surface area contributed by atoms with E-state index in [-0.39, 0.29) is 29.7 Å². The van der Waals surface area contributed by atoms with Gasteiger partial charge in [0.2, 0.25) is 0 Å². The van der Waals surface area contributed by atoms with Crippen molar-refractivity contribution >= 4 is 23.5 Å². The van der Waals surface area contributed by atoms with Gasteiger partial charge in [0.15, 0.2) is 0 Å². The van der Waals surface area contributed by atoms with Crippen LogP contribution in [0.15, 0.2) is 0 Å². The summed E-state index contributed by atoms with van der Waals surface area (Å²) in [6, 6.07) is 2.35. The van der Waals surface area contributed by atoms with Crippen molar-refractivity contribution in [2.45, 2.75) is 243 Å². The molecule has 0 amide bonds. The molecule has 0 heterocycles. The lowest BCUT2D eigenvalue weighted by Crippen LogP contribution is -2.34. The largest absolute Gasteiger partial charge is 0.378 e. The van der Waals surface area contributed by atoms with Gasteiger partial charge in [-0.1, -0.05) is 168 Å². The Kier molecular flexibility index (Phi) is 63.3. The molecule has 0 aromatic heterocycles. The molecule has 0 aliphatic rings. The highest BCUT2D eigenvalue weighted by Crippen LogP contribution is 2.21. The molecule has 4 unspecified atom stereocenters. The molecule has 376 valence electrons. The normalized spacial score (nSPS) is 13.4. The van der Waals surface area contributed by atoms with Gasteiger partial charge in [-0.05, 0) is 110 Å². The summed E-state index contributed by atoms with van der Waals surface area (Å²) in [5.74, 6) is 8.37. The molecule has 0 bridgehead atoms. The predicted octanol–water partition coefficient (Wildman–Crippen LogP) is 14.7. The summed E-state index contributed by atoms with van der Waals surface area (Å²) < 4.78 is 11.3. The first-order valence-corrected chi connectivity index (χ1v) is 25.2. The van der Waals surface area contributed by atoms with Crippen LogP contribution in [0.1, 0.15) is 196 Å². The van der Waals surface area contributed by atoms with Crippen molar-refractivity contribution in [1.29, 1.82) is 0 Å². The molecule has 0 saturated carbocycles. The van der Waals surface area contributed by atoms with Crippen molar-refractivity contribution in [2.75, 3.05) is 50.9 Å². The highest BCUT2D eigenvalue weighted by atomic mass is 32.2. The van der Waals surface area contributed by atoms with Gasteiger partial charge in [0.25, 0.3) is 0 Å². The number of nitrogens with one attached hydrogen (secondary N) is 4. The number of hydrogen-bond donors (Lipinski definition) is 4. The quantitative estimate of drug-likeness (QED) is 0.0619. The van der Waals surface area contributed by atoms with E-state index in [1.165, 1.54) is 11.5 Å². The fraction of sp³-hybridized carbons (Fsp3) is 1.00. The van der Waals surface area contributed by atoms with Gasteiger partial charge in [0.1, 0.15) is 0 Å². The lowest BCUT2D eigenvalue weighted by molar-refractivity contribution is 0.0384. The Labute approximate surface area is 393 Å². The van der Waals surface area contributed by atoms with Crippen molar-refractivity contribution in [1.82, 2.24) is 21.3 Å². The molecule has 0 rings (SSSR count). The summed E-state index contributed by atoms with van der Waals surface area (Å²) in [6.45, 7) is 59.6. The molecule has 0 aromatic carbocycles. The molecule has 8 heteroatoms. The van der Waals surface area contributed by atoms with Crippen molar-refractivity contribution < 1.29 is 9.47 Å². The summed E-state index contributed by atoms with van der Waals surface area (Å²) in [5, 5.41) is 15.5. The first-order chi connectivity index (χ1) is 25.7. The van der Waals surface area contributed by atoms with Crippen LogP contribution in [0, 0.1) is 47.3 Å². The second-order valence-corrected chi connectivity index (χ2v) is 23.0. The molecule has 0 spiro atoms.